The first-order chi connectivity index (χ1) is 7.67. The molecule has 0 radical (unpaired) electrons. The number of carboxylic acid groups (broad SMARTS) is 1. The van der Waals surface area contributed by atoms with E-state index in [-0.39, 0.29) is 0 Å². The average molecular weight is 257 g/mol. The number of carbonyl (C=O) groups is 2. The van der Waals surface area contributed by atoms with Crippen molar-refractivity contribution in [1.29, 1.82) is 0 Å². The number of aliphatic carboxylic acids is 1. The predicted molar refractivity (Wildman–Crippen MR) is 51.4 cm³/mol. The molecule has 0 saturated carbocycles. The number of halogens is 3. The highest BCUT2D eigenvalue weighted by Gasteiger charge is 2.31. The van der Waals surface area contributed by atoms with E-state index in [0.29, 0.717) is 6.42 Å². The van der Waals surface area contributed by atoms with Crippen molar-refractivity contribution in [2.24, 2.45) is 5.92 Å². The van der Waals surface area contributed by atoms with Crippen molar-refractivity contribution >= 4 is 12.1 Å². The molecule has 0 aliphatic carbocycles. The van der Waals surface area contributed by atoms with Crippen molar-refractivity contribution in [2.45, 2.75) is 32.5 Å². The van der Waals surface area contributed by atoms with Gasteiger partial charge in [-0.3, -0.25) is 0 Å². The van der Waals surface area contributed by atoms with Gasteiger partial charge in [-0.15, -0.1) is 0 Å². The van der Waals surface area contributed by atoms with E-state index in [1.165, 1.54) is 0 Å². The number of nitrogens with one attached hydrogen (secondary N) is 1. The Kier molecular flexibility index (Phi) is 5.77. The summed E-state index contributed by atoms with van der Waals surface area (Å²) >= 11 is 0. The van der Waals surface area contributed by atoms with E-state index >= 15 is 0 Å². The highest BCUT2D eigenvalue weighted by atomic mass is 19.4. The largest absolute Gasteiger partial charge is 0.480 e. The molecule has 0 heterocycles. The Balaban J connectivity index is 4.28. The Morgan fingerprint density at radius 2 is 1.94 bits per heavy atom. The number of carboxylic acids is 1. The molecule has 0 fully saturated rings. The van der Waals surface area contributed by atoms with E-state index in [1.807, 2.05) is 5.32 Å². The molecular weight excluding hydrogens is 243 g/mol. The highest BCUT2D eigenvalue weighted by Crippen LogP contribution is 2.14. The molecule has 5 nitrogen and oxygen atoms in total. The summed E-state index contributed by atoms with van der Waals surface area (Å²) < 4.78 is 39.0. The predicted octanol–water partition coefficient (Wildman–Crippen LogP) is 1.77. The van der Waals surface area contributed by atoms with E-state index in [9.17, 15) is 22.8 Å². The Morgan fingerprint density at radius 1 is 1.41 bits per heavy atom. The summed E-state index contributed by atoms with van der Waals surface area (Å²) in [4.78, 5) is 21.7. The monoisotopic (exact) mass is 257 g/mol. The van der Waals surface area contributed by atoms with Gasteiger partial charge in [-0.1, -0.05) is 20.3 Å². The molecule has 0 rings (SSSR count). The Bertz CT molecular complexity index is 280. The van der Waals surface area contributed by atoms with Crippen molar-refractivity contribution in [1.82, 2.24) is 5.32 Å². The van der Waals surface area contributed by atoms with Gasteiger partial charge in [0.05, 0.1) is 0 Å². The molecule has 0 bridgehead atoms. The summed E-state index contributed by atoms with van der Waals surface area (Å²) in [5.74, 6) is -1.73. The van der Waals surface area contributed by atoms with Gasteiger partial charge in [-0.05, 0) is 5.92 Å². The van der Waals surface area contributed by atoms with Crippen LogP contribution in [0, 0.1) is 5.92 Å². The fourth-order valence-corrected chi connectivity index (χ4v) is 0.999. The molecule has 0 aliphatic rings. The minimum absolute atomic E-state index is 0.411. The molecule has 0 saturated heterocycles. The molecule has 0 aromatic heterocycles. The van der Waals surface area contributed by atoms with Crippen molar-refractivity contribution in [3.8, 4) is 0 Å². The van der Waals surface area contributed by atoms with Crippen molar-refractivity contribution < 1.29 is 32.6 Å². The maximum Gasteiger partial charge on any atom is 0.422 e. The number of alkyl halides is 3. The standard InChI is InChI=1S/C9H14F3NO4/c1-3-5(2)6(7(14)15)13-8(16)17-4-9(10,11)12/h5-6H,3-4H2,1-2H3,(H,13,16)(H,14,15)/t5?,6-/m0/s1. The number of rotatable bonds is 5. The van der Waals surface area contributed by atoms with E-state index in [1.54, 1.807) is 13.8 Å². The first kappa shape index (κ1) is 15.5. The lowest BCUT2D eigenvalue weighted by atomic mass is 10.00. The SMILES string of the molecule is CCC(C)[C@H](NC(=O)OCC(F)(F)F)C(=O)O. The second-order valence-corrected chi connectivity index (χ2v) is 3.54. The quantitative estimate of drug-likeness (QED) is 0.787. The molecule has 1 amide bonds. The topological polar surface area (TPSA) is 75.6 Å². The lowest BCUT2D eigenvalue weighted by Crippen LogP contribution is -2.45. The molecule has 0 aliphatic heterocycles. The van der Waals surface area contributed by atoms with Crippen LogP contribution < -0.4 is 5.32 Å². The lowest BCUT2D eigenvalue weighted by Gasteiger charge is -2.19. The van der Waals surface area contributed by atoms with Crippen LogP contribution in [-0.2, 0) is 9.53 Å². The minimum Gasteiger partial charge on any atom is -0.480 e. The first-order valence-corrected chi connectivity index (χ1v) is 4.90. The highest BCUT2D eigenvalue weighted by molar-refractivity contribution is 5.80. The van der Waals surface area contributed by atoms with Crippen molar-refractivity contribution in [3.05, 3.63) is 0 Å². The van der Waals surface area contributed by atoms with E-state index in [0.717, 1.165) is 0 Å². The molecular formula is C9H14F3NO4. The molecule has 17 heavy (non-hydrogen) atoms. The van der Waals surface area contributed by atoms with Gasteiger partial charge in [0.25, 0.3) is 0 Å². The molecule has 0 spiro atoms. The van der Waals surface area contributed by atoms with Gasteiger partial charge in [0.1, 0.15) is 6.04 Å². The third-order valence-electron chi connectivity index (χ3n) is 2.12. The van der Waals surface area contributed by atoms with Gasteiger partial charge in [0.2, 0.25) is 0 Å². The van der Waals surface area contributed by atoms with E-state index < -0.39 is 36.8 Å². The van der Waals surface area contributed by atoms with Crippen molar-refractivity contribution in [2.75, 3.05) is 6.61 Å². The Morgan fingerprint density at radius 3 is 2.29 bits per heavy atom. The van der Waals surface area contributed by atoms with Crippen molar-refractivity contribution in [3.63, 3.8) is 0 Å². The normalized spacial score (nSPS) is 14.9. The maximum absolute atomic E-state index is 11.7. The fourth-order valence-electron chi connectivity index (χ4n) is 0.999. The number of hydrogen-bond donors (Lipinski definition) is 2. The average Bonchev–Trinajstić information content (AvgIpc) is 2.20. The second-order valence-electron chi connectivity index (χ2n) is 3.54. The number of carbonyl (C=O) groups excluding carboxylic acids is 1. The van der Waals surface area contributed by atoms with Gasteiger partial charge in [-0.2, -0.15) is 13.2 Å². The van der Waals surface area contributed by atoms with Gasteiger partial charge < -0.3 is 15.2 Å². The van der Waals surface area contributed by atoms with E-state index in [4.69, 9.17) is 5.11 Å². The Hall–Kier alpha value is -1.47. The molecule has 2 atom stereocenters. The first-order valence-electron chi connectivity index (χ1n) is 4.90. The summed E-state index contributed by atoms with van der Waals surface area (Å²) in [5.41, 5.74) is 0. The molecule has 2 N–H and O–H groups in total. The molecule has 100 valence electrons. The number of hydrogen-bond acceptors (Lipinski definition) is 3. The van der Waals surface area contributed by atoms with Crippen LogP contribution in [0.5, 0.6) is 0 Å². The summed E-state index contributed by atoms with van der Waals surface area (Å²) in [6, 6.07) is -1.26. The minimum atomic E-state index is -4.63. The zero-order valence-corrected chi connectivity index (χ0v) is 9.37. The summed E-state index contributed by atoms with van der Waals surface area (Å²) in [7, 11) is 0. The third-order valence-corrected chi connectivity index (χ3v) is 2.12. The van der Waals surface area contributed by atoms with Crippen LogP contribution in [0.1, 0.15) is 20.3 Å². The second kappa shape index (κ2) is 6.31. The summed E-state index contributed by atoms with van der Waals surface area (Å²) in [5, 5.41) is 10.6. The molecule has 8 heteroatoms. The van der Waals surface area contributed by atoms with Gasteiger partial charge in [0, 0.05) is 0 Å². The van der Waals surface area contributed by atoms with Crippen LogP contribution in [0.15, 0.2) is 0 Å². The molecule has 0 aromatic rings. The fraction of sp³-hybridized carbons (Fsp3) is 0.778. The van der Waals surface area contributed by atoms with Gasteiger partial charge in [0.15, 0.2) is 6.61 Å². The lowest BCUT2D eigenvalue weighted by molar-refractivity contribution is -0.160. The summed E-state index contributed by atoms with van der Waals surface area (Å²) in [6.07, 6.45) is -5.57. The molecule has 1 unspecified atom stereocenters. The zero-order chi connectivity index (χ0) is 13.6. The Labute approximate surface area is 95.9 Å². The zero-order valence-electron chi connectivity index (χ0n) is 9.37. The number of alkyl carbamates (subject to hydrolysis) is 1. The number of ether oxygens (including phenoxy) is 1. The van der Waals surface area contributed by atoms with Crippen LogP contribution in [0.2, 0.25) is 0 Å². The van der Waals surface area contributed by atoms with Crippen LogP contribution in [-0.4, -0.2) is 36.0 Å². The van der Waals surface area contributed by atoms with Crippen LogP contribution in [0.25, 0.3) is 0 Å². The van der Waals surface area contributed by atoms with Crippen LogP contribution >= 0.6 is 0 Å². The van der Waals surface area contributed by atoms with Gasteiger partial charge >= 0.3 is 18.2 Å². The molecule has 0 aromatic carbocycles. The smallest absolute Gasteiger partial charge is 0.422 e. The van der Waals surface area contributed by atoms with Crippen LogP contribution in [0.3, 0.4) is 0 Å². The van der Waals surface area contributed by atoms with Gasteiger partial charge in [-0.25, -0.2) is 9.59 Å². The number of amides is 1. The van der Waals surface area contributed by atoms with E-state index in [2.05, 4.69) is 4.74 Å². The third kappa shape index (κ3) is 6.64. The summed E-state index contributed by atoms with van der Waals surface area (Å²) in [6.45, 7) is 1.51. The maximum atomic E-state index is 11.7. The van der Waals surface area contributed by atoms with Crippen LogP contribution in [0.4, 0.5) is 18.0 Å².